The largest absolute Gasteiger partial charge is 0.493 e. The smallest absolute Gasteiger partial charge is 0.309 e. The van der Waals surface area contributed by atoms with Gasteiger partial charge in [-0.05, 0) is 93.2 Å². The van der Waals surface area contributed by atoms with E-state index in [2.05, 4.69) is 12.2 Å². The van der Waals surface area contributed by atoms with Crippen LogP contribution < -0.4 is 10.1 Å². The minimum Gasteiger partial charge on any atom is -0.493 e. The first-order valence-corrected chi connectivity index (χ1v) is 11.1. The van der Waals surface area contributed by atoms with Crippen molar-refractivity contribution >= 4 is 11.9 Å². The Hall–Kier alpha value is -2.04. The van der Waals surface area contributed by atoms with Crippen LogP contribution in [0.1, 0.15) is 57.4 Å². The molecular formula is C24H33NO4. The Bertz CT molecular complexity index is 724. The normalized spacial score (nSPS) is 30.6. The van der Waals surface area contributed by atoms with E-state index in [4.69, 9.17) is 9.47 Å². The second-order valence-electron chi connectivity index (χ2n) is 9.64. The third-order valence-corrected chi connectivity index (χ3v) is 7.31. The Morgan fingerprint density at radius 1 is 1.14 bits per heavy atom. The number of aryl methyl sites for hydroxylation is 1. The van der Waals surface area contributed by atoms with Crippen molar-refractivity contribution in [1.82, 2.24) is 5.32 Å². The van der Waals surface area contributed by atoms with E-state index in [0.29, 0.717) is 0 Å². The molecule has 0 unspecified atom stereocenters. The molecule has 0 saturated heterocycles. The fourth-order valence-corrected chi connectivity index (χ4v) is 6.32. The first-order valence-electron chi connectivity index (χ1n) is 11.1. The Labute approximate surface area is 173 Å². The van der Waals surface area contributed by atoms with Crippen LogP contribution in [0.15, 0.2) is 24.3 Å². The molecule has 0 heterocycles. The average molecular weight is 400 g/mol. The zero-order valence-electron chi connectivity index (χ0n) is 17.6. The lowest BCUT2D eigenvalue weighted by Crippen LogP contribution is -2.56. The van der Waals surface area contributed by atoms with Crippen LogP contribution in [0.25, 0.3) is 0 Å². The zero-order valence-corrected chi connectivity index (χ0v) is 17.6. The summed E-state index contributed by atoms with van der Waals surface area (Å²) in [7, 11) is 0. The summed E-state index contributed by atoms with van der Waals surface area (Å²) < 4.78 is 10.7. The van der Waals surface area contributed by atoms with Gasteiger partial charge in [0.05, 0.1) is 13.0 Å². The molecule has 0 aliphatic heterocycles. The molecule has 0 radical (unpaired) electrons. The highest BCUT2D eigenvalue weighted by molar-refractivity contribution is 5.80. The molecule has 5 nitrogen and oxygen atoms in total. The van der Waals surface area contributed by atoms with Crippen LogP contribution in [-0.2, 0) is 14.3 Å². The summed E-state index contributed by atoms with van der Waals surface area (Å²) in [5.41, 5.74) is 1.37. The van der Waals surface area contributed by atoms with E-state index in [1.165, 1.54) is 38.5 Å². The third kappa shape index (κ3) is 4.76. The quantitative estimate of drug-likeness (QED) is 0.671. The molecule has 4 saturated carbocycles. The highest BCUT2D eigenvalue weighted by atomic mass is 16.5. The van der Waals surface area contributed by atoms with Gasteiger partial charge in [-0.2, -0.15) is 0 Å². The minimum absolute atomic E-state index is 0.131. The lowest BCUT2D eigenvalue weighted by Gasteiger charge is -2.59. The summed E-state index contributed by atoms with van der Waals surface area (Å²) in [6, 6.07) is 7.83. The number of amides is 1. The fourth-order valence-electron chi connectivity index (χ4n) is 6.32. The summed E-state index contributed by atoms with van der Waals surface area (Å²) in [6.07, 6.45) is 8.04. The number of benzene rings is 1. The number of esters is 1. The number of nitrogens with one attached hydrogen (secondary N) is 1. The van der Waals surface area contributed by atoms with Crippen molar-refractivity contribution in [3.8, 4) is 5.75 Å². The first kappa shape index (κ1) is 20.2. The van der Waals surface area contributed by atoms with Crippen molar-refractivity contribution in [2.75, 3.05) is 13.2 Å². The van der Waals surface area contributed by atoms with Gasteiger partial charge in [0.15, 0.2) is 6.61 Å². The monoisotopic (exact) mass is 399 g/mol. The maximum Gasteiger partial charge on any atom is 0.309 e. The highest BCUT2D eigenvalue weighted by Gasteiger charge is 2.53. The maximum atomic E-state index is 12.4. The van der Waals surface area contributed by atoms with Gasteiger partial charge >= 0.3 is 5.97 Å². The molecule has 1 aromatic carbocycles. The fraction of sp³-hybridized carbons (Fsp3) is 0.667. The van der Waals surface area contributed by atoms with E-state index < -0.39 is 5.97 Å². The molecule has 4 fully saturated rings. The van der Waals surface area contributed by atoms with Gasteiger partial charge in [0.2, 0.25) is 0 Å². The Balaban J connectivity index is 1.17. The molecule has 158 valence electrons. The van der Waals surface area contributed by atoms with Crippen LogP contribution in [0.3, 0.4) is 0 Å². The van der Waals surface area contributed by atoms with E-state index in [0.717, 1.165) is 29.1 Å². The van der Waals surface area contributed by atoms with Crippen molar-refractivity contribution in [1.29, 1.82) is 0 Å². The van der Waals surface area contributed by atoms with E-state index in [9.17, 15) is 9.59 Å². The molecule has 1 aromatic rings. The van der Waals surface area contributed by atoms with Gasteiger partial charge in [-0.1, -0.05) is 12.1 Å². The second-order valence-corrected chi connectivity index (χ2v) is 9.64. The van der Waals surface area contributed by atoms with Crippen LogP contribution in [0.5, 0.6) is 5.75 Å². The van der Waals surface area contributed by atoms with Crippen LogP contribution in [-0.4, -0.2) is 31.1 Å². The lowest BCUT2D eigenvalue weighted by molar-refractivity contribution is -0.150. The van der Waals surface area contributed by atoms with Crippen LogP contribution >= 0.6 is 0 Å². The summed E-state index contributed by atoms with van der Waals surface area (Å²) in [4.78, 5) is 24.3. The van der Waals surface area contributed by atoms with Gasteiger partial charge in [0.25, 0.3) is 5.91 Å². The van der Waals surface area contributed by atoms with Gasteiger partial charge in [0.1, 0.15) is 5.75 Å². The van der Waals surface area contributed by atoms with Crippen LogP contribution in [0.4, 0.5) is 0 Å². The van der Waals surface area contributed by atoms with Crippen LogP contribution in [0, 0.1) is 30.1 Å². The van der Waals surface area contributed by atoms with Crippen molar-refractivity contribution in [3.63, 3.8) is 0 Å². The van der Waals surface area contributed by atoms with E-state index >= 15 is 0 Å². The van der Waals surface area contributed by atoms with Crippen molar-refractivity contribution in [3.05, 3.63) is 29.8 Å². The predicted molar refractivity (Wildman–Crippen MR) is 110 cm³/mol. The van der Waals surface area contributed by atoms with E-state index in [1.54, 1.807) is 0 Å². The predicted octanol–water partition coefficient (Wildman–Crippen LogP) is 4.03. The van der Waals surface area contributed by atoms with Gasteiger partial charge in [-0.15, -0.1) is 0 Å². The third-order valence-electron chi connectivity index (χ3n) is 7.31. The molecule has 5 rings (SSSR count). The van der Waals surface area contributed by atoms with Gasteiger partial charge in [-0.25, -0.2) is 0 Å². The molecule has 5 heteroatoms. The molecule has 4 aliphatic rings. The number of rotatable bonds is 8. The molecule has 0 spiro atoms. The molecular weight excluding hydrogens is 366 g/mol. The maximum absolute atomic E-state index is 12.4. The van der Waals surface area contributed by atoms with Crippen LogP contribution in [0.2, 0.25) is 0 Å². The minimum atomic E-state index is -0.407. The highest BCUT2D eigenvalue weighted by Crippen LogP contribution is 2.61. The Morgan fingerprint density at radius 2 is 1.79 bits per heavy atom. The van der Waals surface area contributed by atoms with Crippen molar-refractivity contribution < 1.29 is 19.1 Å². The van der Waals surface area contributed by atoms with Crippen molar-refractivity contribution in [2.45, 2.75) is 64.8 Å². The Kier molecular flexibility index (Phi) is 5.84. The molecule has 1 amide bonds. The van der Waals surface area contributed by atoms with E-state index in [1.807, 2.05) is 31.2 Å². The number of hydrogen-bond donors (Lipinski definition) is 1. The second kappa shape index (κ2) is 8.37. The topological polar surface area (TPSA) is 64.6 Å². The number of ether oxygens (including phenoxy) is 2. The average Bonchev–Trinajstić information content (AvgIpc) is 2.65. The zero-order chi connectivity index (χ0) is 20.4. The first-order chi connectivity index (χ1) is 13.9. The SMILES string of the molecule is Cc1cccc(OCCC(=O)OCC(=O)N[C@@H](C)C23CC4CC(CC(C4)C2)C3)c1. The molecule has 1 N–H and O–H groups in total. The van der Waals surface area contributed by atoms with Crippen molar-refractivity contribution in [2.24, 2.45) is 23.2 Å². The molecule has 4 aliphatic carbocycles. The number of carbonyl (C=O) groups is 2. The Morgan fingerprint density at radius 3 is 2.41 bits per heavy atom. The number of carbonyl (C=O) groups excluding carboxylic acids is 2. The standard InChI is InChI=1S/C24H33NO4/c1-16-4-3-5-21(8-16)28-7-6-23(27)29-15-22(26)25-17(2)24-12-18-9-19(13-24)11-20(10-18)14-24/h3-5,8,17-20H,6-7,9-15H2,1-2H3,(H,25,26)/t17-,18?,19?,20?,24?/m0/s1. The summed E-state index contributed by atoms with van der Waals surface area (Å²) in [5.74, 6) is 2.70. The molecule has 29 heavy (non-hydrogen) atoms. The molecule has 0 aromatic heterocycles. The number of hydrogen-bond acceptors (Lipinski definition) is 4. The summed E-state index contributed by atoms with van der Waals surface area (Å²) in [5, 5.41) is 3.13. The van der Waals surface area contributed by atoms with Gasteiger partial charge < -0.3 is 14.8 Å². The van der Waals surface area contributed by atoms with Gasteiger partial charge in [0, 0.05) is 6.04 Å². The molecule has 1 atom stereocenters. The summed E-state index contributed by atoms with van der Waals surface area (Å²) in [6.45, 7) is 4.17. The summed E-state index contributed by atoms with van der Waals surface area (Å²) >= 11 is 0. The van der Waals surface area contributed by atoms with Gasteiger partial charge in [-0.3, -0.25) is 9.59 Å². The van der Waals surface area contributed by atoms with E-state index in [-0.39, 0.29) is 37.0 Å². The molecule has 4 bridgehead atoms. The lowest BCUT2D eigenvalue weighted by atomic mass is 9.48.